The van der Waals surface area contributed by atoms with Crippen LogP contribution in [0.25, 0.3) is 0 Å². The van der Waals surface area contributed by atoms with E-state index in [2.05, 4.69) is 23.2 Å². The molecule has 28 heavy (non-hydrogen) atoms. The number of hydrogen-bond acceptors (Lipinski definition) is 4. The largest absolute Gasteiger partial charge is 0.359 e. The average Bonchev–Trinajstić information content (AvgIpc) is 2.65. The molecule has 1 N–H and O–H groups in total. The monoisotopic (exact) mass is 421 g/mol. The molecule has 1 amide bonds. The Morgan fingerprint density at radius 1 is 1.25 bits per heavy atom. The number of nitrogens with zero attached hydrogens (tertiary/aromatic N) is 2. The Hall–Kier alpha value is -2.09. The lowest BCUT2D eigenvalue weighted by Gasteiger charge is -2.36. The van der Waals surface area contributed by atoms with Gasteiger partial charge in [-0.05, 0) is 49.6 Å². The number of carbonyl (C=O) groups excluding carboxylic acids is 1. The van der Waals surface area contributed by atoms with Gasteiger partial charge in [0.25, 0.3) is 0 Å². The number of para-hydroxylation sites is 1. The second-order valence-electron chi connectivity index (χ2n) is 7.13. The van der Waals surface area contributed by atoms with Gasteiger partial charge in [-0.2, -0.15) is 0 Å². The molecular formula is C20H24ClN3O3S. The van der Waals surface area contributed by atoms with Crippen molar-refractivity contribution in [1.29, 1.82) is 0 Å². The summed E-state index contributed by atoms with van der Waals surface area (Å²) < 4.78 is 25.9. The molecule has 0 radical (unpaired) electrons. The molecule has 2 aromatic carbocycles. The van der Waals surface area contributed by atoms with Crippen LogP contribution in [0, 0.1) is 0 Å². The highest BCUT2D eigenvalue weighted by Crippen LogP contribution is 2.30. The van der Waals surface area contributed by atoms with Crippen molar-refractivity contribution in [3.8, 4) is 0 Å². The number of rotatable bonds is 5. The van der Waals surface area contributed by atoms with Crippen molar-refractivity contribution in [3.05, 3.63) is 53.1 Å². The summed E-state index contributed by atoms with van der Waals surface area (Å²) in [6.07, 6.45) is 1.98. The third-order valence-corrected chi connectivity index (χ3v) is 7.25. The van der Waals surface area contributed by atoms with E-state index in [-0.39, 0.29) is 28.4 Å². The summed E-state index contributed by atoms with van der Waals surface area (Å²) in [7, 11) is -0.829. The number of carbonyl (C=O) groups is 1. The molecular weight excluding hydrogens is 398 g/mol. The standard InChI is InChI=1S/C20H24ClN3O3S/c1-14-8-9-15-6-4-5-7-18(15)24(14)13-20(25)22-16-10-11-17(21)19(12-16)28(26,27)23(2)3/h4-7,10-12,14H,8-9,13H2,1-3H3,(H,22,25)/t14-/m1/s1. The topological polar surface area (TPSA) is 69.7 Å². The Labute approximate surface area is 171 Å². The summed E-state index contributed by atoms with van der Waals surface area (Å²) in [4.78, 5) is 14.7. The summed E-state index contributed by atoms with van der Waals surface area (Å²) in [6.45, 7) is 2.30. The summed E-state index contributed by atoms with van der Waals surface area (Å²) in [5, 5.41) is 2.91. The van der Waals surface area contributed by atoms with Crippen molar-refractivity contribution < 1.29 is 13.2 Å². The molecule has 6 nitrogen and oxygen atoms in total. The number of nitrogens with one attached hydrogen (secondary N) is 1. The fourth-order valence-corrected chi connectivity index (χ4v) is 4.73. The number of sulfonamides is 1. The van der Waals surface area contributed by atoms with Crippen LogP contribution in [0.3, 0.4) is 0 Å². The fraction of sp³-hybridized carbons (Fsp3) is 0.350. The van der Waals surface area contributed by atoms with Gasteiger partial charge in [0.15, 0.2) is 0 Å². The van der Waals surface area contributed by atoms with Crippen molar-refractivity contribution in [1.82, 2.24) is 4.31 Å². The van der Waals surface area contributed by atoms with E-state index < -0.39 is 10.0 Å². The SMILES string of the molecule is C[C@@H]1CCc2ccccc2N1CC(=O)Nc1ccc(Cl)c(S(=O)(=O)N(C)C)c1. The number of anilines is 2. The normalized spacial score (nSPS) is 16.8. The molecule has 1 heterocycles. The summed E-state index contributed by atoms with van der Waals surface area (Å²) in [5.41, 5.74) is 2.70. The quantitative estimate of drug-likeness (QED) is 0.803. The van der Waals surface area contributed by atoms with Gasteiger partial charge in [0, 0.05) is 31.5 Å². The molecule has 1 aliphatic heterocycles. The van der Waals surface area contributed by atoms with Gasteiger partial charge in [0.2, 0.25) is 15.9 Å². The number of aryl methyl sites for hydroxylation is 1. The first-order valence-corrected chi connectivity index (χ1v) is 10.9. The molecule has 0 bridgehead atoms. The number of amides is 1. The molecule has 0 saturated heterocycles. The molecule has 0 aliphatic carbocycles. The van der Waals surface area contributed by atoms with Crippen LogP contribution >= 0.6 is 11.6 Å². The first-order chi connectivity index (χ1) is 13.2. The Morgan fingerprint density at radius 2 is 1.96 bits per heavy atom. The van der Waals surface area contributed by atoms with Crippen molar-refractivity contribution in [2.75, 3.05) is 30.9 Å². The Kier molecular flexibility index (Phi) is 5.98. The third-order valence-electron chi connectivity index (χ3n) is 4.95. The van der Waals surface area contributed by atoms with Crippen LogP contribution in [-0.4, -0.2) is 45.3 Å². The minimum absolute atomic E-state index is 0.0337. The van der Waals surface area contributed by atoms with Gasteiger partial charge in [-0.1, -0.05) is 29.8 Å². The van der Waals surface area contributed by atoms with Crippen molar-refractivity contribution in [2.24, 2.45) is 0 Å². The van der Waals surface area contributed by atoms with Crippen LogP contribution in [0.4, 0.5) is 11.4 Å². The zero-order chi connectivity index (χ0) is 20.5. The molecule has 3 rings (SSSR count). The highest BCUT2D eigenvalue weighted by molar-refractivity contribution is 7.89. The van der Waals surface area contributed by atoms with E-state index in [9.17, 15) is 13.2 Å². The molecule has 0 spiro atoms. The van der Waals surface area contributed by atoms with E-state index in [0.717, 1.165) is 22.8 Å². The number of hydrogen-bond donors (Lipinski definition) is 1. The van der Waals surface area contributed by atoms with E-state index in [1.807, 2.05) is 18.2 Å². The van der Waals surface area contributed by atoms with Crippen LogP contribution in [0.2, 0.25) is 5.02 Å². The van der Waals surface area contributed by atoms with Gasteiger partial charge in [-0.15, -0.1) is 0 Å². The van der Waals surface area contributed by atoms with Gasteiger partial charge in [0.1, 0.15) is 4.90 Å². The van der Waals surface area contributed by atoms with E-state index in [4.69, 9.17) is 11.6 Å². The van der Waals surface area contributed by atoms with Crippen molar-refractivity contribution in [3.63, 3.8) is 0 Å². The molecule has 8 heteroatoms. The summed E-state index contributed by atoms with van der Waals surface area (Å²) >= 11 is 6.07. The van der Waals surface area contributed by atoms with Gasteiger partial charge < -0.3 is 10.2 Å². The lowest BCUT2D eigenvalue weighted by Crippen LogP contribution is -2.42. The van der Waals surface area contributed by atoms with Gasteiger partial charge in [-0.25, -0.2) is 12.7 Å². The van der Waals surface area contributed by atoms with Gasteiger partial charge >= 0.3 is 0 Å². The molecule has 0 fully saturated rings. The lowest BCUT2D eigenvalue weighted by atomic mass is 9.96. The molecule has 1 atom stereocenters. The molecule has 1 aliphatic rings. The number of benzene rings is 2. The Bertz CT molecular complexity index is 992. The minimum Gasteiger partial charge on any atom is -0.359 e. The highest BCUT2D eigenvalue weighted by atomic mass is 35.5. The van der Waals surface area contributed by atoms with E-state index >= 15 is 0 Å². The predicted molar refractivity (Wildman–Crippen MR) is 113 cm³/mol. The second-order valence-corrected chi connectivity index (χ2v) is 9.65. The number of halogens is 1. The fourth-order valence-electron chi connectivity index (χ4n) is 3.33. The van der Waals surface area contributed by atoms with Gasteiger partial charge in [-0.3, -0.25) is 4.79 Å². The maximum atomic E-state index is 12.7. The minimum atomic E-state index is -3.70. The zero-order valence-electron chi connectivity index (χ0n) is 16.1. The Balaban J connectivity index is 1.79. The predicted octanol–water partition coefficient (Wildman–Crippen LogP) is 3.37. The van der Waals surface area contributed by atoms with Crippen molar-refractivity contribution >= 4 is 38.9 Å². The molecule has 150 valence electrons. The maximum Gasteiger partial charge on any atom is 0.244 e. The summed E-state index contributed by atoms with van der Waals surface area (Å²) in [5.74, 6) is -0.209. The van der Waals surface area contributed by atoms with Crippen LogP contribution in [0.1, 0.15) is 18.9 Å². The first kappa shape index (κ1) is 20.6. The van der Waals surface area contributed by atoms with Crippen LogP contribution in [0.15, 0.2) is 47.4 Å². The molecule has 0 aromatic heterocycles. The van der Waals surface area contributed by atoms with Gasteiger partial charge in [0.05, 0.1) is 11.6 Å². The van der Waals surface area contributed by atoms with E-state index in [1.165, 1.54) is 31.8 Å². The third kappa shape index (κ3) is 4.16. The smallest absolute Gasteiger partial charge is 0.244 e. The Morgan fingerprint density at radius 3 is 2.68 bits per heavy atom. The van der Waals surface area contributed by atoms with Crippen LogP contribution in [0.5, 0.6) is 0 Å². The molecule has 2 aromatic rings. The van der Waals surface area contributed by atoms with E-state index in [0.29, 0.717) is 5.69 Å². The van der Waals surface area contributed by atoms with Crippen LogP contribution in [-0.2, 0) is 21.2 Å². The first-order valence-electron chi connectivity index (χ1n) is 9.06. The second kappa shape index (κ2) is 8.11. The average molecular weight is 422 g/mol. The van der Waals surface area contributed by atoms with E-state index in [1.54, 1.807) is 6.07 Å². The molecule has 0 saturated carbocycles. The zero-order valence-corrected chi connectivity index (χ0v) is 17.7. The number of fused-ring (bicyclic) bond motifs is 1. The molecule has 0 unspecified atom stereocenters. The summed E-state index contributed by atoms with van der Waals surface area (Å²) in [6, 6.07) is 12.8. The van der Waals surface area contributed by atoms with Crippen LogP contribution < -0.4 is 10.2 Å². The maximum absolute atomic E-state index is 12.7. The van der Waals surface area contributed by atoms with Crippen molar-refractivity contribution in [2.45, 2.75) is 30.7 Å². The highest BCUT2D eigenvalue weighted by Gasteiger charge is 2.25. The lowest BCUT2D eigenvalue weighted by molar-refractivity contribution is -0.115.